The minimum absolute atomic E-state index is 0.0944. The fourth-order valence-electron chi connectivity index (χ4n) is 3.69. The molecule has 0 saturated heterocycles. The van der Waals surface area contributed by atoms with Crippen molar-refractivity contribution < 1.29 is 14.4 Å². The Balaban J connectivity index is 1.42. The number of amides is 3. The molecule has 1 atom stereocenters. The minimum atomic E-state index is -0.473. The summed E-state index contributed by atoms with van der Waals surface area (Å²) < 4.78 is 0.846. The van der Waals surface area contributed by atoms with Gasteiger partial charge < -0.3 is 16.0 Å². The molecule has 6 nitrogen and oxygen atoms in total. The Morgan fingerprint density at radius 1 is 0.854 bits per heavy atom. The first-order chi connectivity index (χ1) is 19.7. The van der Waals surface area contributed by atoms with Crippen LogP contribution in [0.3, 0.4) is 0 Å². The molecule has 0 saturated carbocycles. The van der Waals surface area contributed by atoms with Gasteiger partial charge in [0.2, 0.25) is 5.91 Å². The van der Waals surface area contributed by atoms with Crippen LogP contribution in [0.5, 0.6) is 0 Å². The number of carbonyl (C=O) groups excluding carboxylic acids is 3. The minimum Gasteiger partial charge on any atom is -0.325 e. The SMILES string of the molecule is Cc1ccc(NC(=O)C(C)Sc2ccc(NC(=O)/C(=C/c3cccc(Br)c3)NC(=O)c3ccccc3)cc2)cc1Cl. The highest BCUT2D eigenvalue weighted by molar-refractivity contribution is 9.10. The summed E-state index contributed by atoms with van der Waals surface area (Å²) in [5.74, 6) is -1.02. The molecular weight excluding hydrogens is 622 g/mol. The van der Waals surface area contributed by atoms with E-state index in [0.29, 0.717) is 22.0 Å². The fourth-order valence-corrected chi connectivity index (χ4v) is 5.16. The zero-order valence-corrected chi connectivity index (χ0v) is 25.4. The molecule has 208 valence electrons. The first-order valence-corrected chi connectivity index (χ1v) is 14.7. The normalized spacial score (nSPS) is 11.9. The molecule has 0 aromatic heterocycles. The van der Waals surface area contributed by atoms with E-state index in [9.17, 15) is 14.4 Å². The highest BCUT2D eigenvalue weighted by Crippen LogP contribution is 2.27. The number of halogens is 2. The topological polar surface area (TPSA) is 87.3 Å². The molecule has 4 aromatic carbocycles. The van der Waals surface area contributed by atoms with Crippen molar-refractivity contribution >= 4 is 74.5 Å². The molecule has 0 aliphatic heterocycles. The van der Waals surface area contributed by atoms with Crippen LogP contribution in [0.15, 0.2) is 112 Å². The van der Waals surface area contributed by atoms with E-state index in [1.807, 2.05) is 68.4 Å². The van der Waals surface area contributed by atoms with Crippen LogP contribution in [-0.4, -0.2) is 23.0 Å². The number of rotatable bonds is 9. The summed E-state index contributed by atoms with van der Waals surface area (Å²) in [5.41, 5.74) is 3.39. The third-order valence-electron chi connectivity index (χ3n) is 5.92. The molecule has 41 heavy (non-hydrogen) atoms. The molecule has 0 bridgehead atoms. The molecule has 0 heterocycles. The smallest absolute Gasteiger partial charge is 0.272 e. The molecule has 4 aromatic rings. The van der Waals surface area contributed by atoms with Crippen molar-refractivity contribution in [3.63, 3.8) is 0 Å². The van der Waals surface area contributed by atoms with Gasteiger partial charge in [-0.1, -0.05) is 63.9 Å². The number of anilines is 2. The van der Waals surface area contributed by atoms with Crippen LogP contribution in [0, 0.1) is 6.92 Å². The molecule has 0 aliphatic carbocycles. The quantitative estimate of drug-likeness (QED) is 0.127. The summed E-state index contributed by atoms with van der Waals surface area (Å²) >= 11 is 11.0. The van der Waals surface area contributed by atoms with Gasteiger partial charge in [-0.3, -0.25) is 14.4 Å². The predicted octanol–water partition coefficient (Wildman–Crippen LogP) is 7.94. The summed E-state index contributed by atoms with van der Waals surface area (Å²) in [6, 6.07) is 28.6. The highest BCUT2D eigenvalue weighted by atomic mass is 79.9. The number of nitrogens with one attached hydrogen (secondary N) is 3. The fraction of sp³-hybridized carbons (Fsp3) is 0.0938. The van der Waals surface area contributed by atoms with Gasteiger partial charge in [-0.2, -0.15) is 0 Å². The van der Waals surface area contributed by atoms with Crippen molar-refractivity contribution in [2.24, 2.45) is 0 Å². The first-order valence-electron chi connectivity index (χ1n) is 12.7. The largest absolute Gasteiger partial charge is 0.325 e. The molecule has 0 spiro atoms. The Labute approximate surface area is 256 Å². The summed E-state index contributed by atoms with van der Waals surface area (Å²) in [4.78, 5) is 39.6. The summed E-state index contributed by atoms with van der Waals surface area (Å²) in [5, 5.41) is 8.69. The van der Waals surface area contributed by atoms with E-state index in [0.717, 1.165) is 20.5 Å². The van der Waals surface area contributed by atoms with Gasteiger partial charge in [-0.15, -0.1) is 11.8 Å². The lowest BCUT2D eigenvalue weighted by Gasteiger charge is -2.14. The summed E-state index contributed by atoms with van der Waals surface area (Å²) in [7, 11) is 0. The van der Waals surface area contributed by atoms with Crippen LogP contribution >= 0.6 is 39.3 Å². The van der Waals surface area contributed by atoms with Crippen molar-refractivity contribution in [2.75, 3.05) is 10.6 Å². The average Bonchev–Trinajstić information content (AvgIpc) is 2.96. The average molecular weight is 649 g/mol. The second-order valence-electron chi connectivity index (χ2n) is 9.12. The standard InChI is InChI=1S/C32H27BrClN3O3S/c1-20-11-12-26(19-28(20)34)36-30(38)21(2)41-27-15-13-25(14-16-27)35-32(40)29(18-22-7-6-10-24(33)17-22)37-31(39)23-8-4-3-5-9-23/h3-19,21H,1-2H3,(H,35,40)(H,36,38)(H,37,39)/b29-18-. The van der Waals surface area contributed by atoms with Crippen molar-refractivity contribution in [3.05, 3.63) is 129 Å². The van der Waals surface area contributed by atoms with Crippen LogP contribution in [0.4, 0.5) is 11.4 Å². The van der Waals surface area contributed by atoms with E-state index < -0.39 is 11.8 Å². The molecule has 0 fully saturated rings. The number of hydrogen-bond donors (Lipinski definition) is 3. The second kappa shape index (κ2) is 14.2. The number of carbonyl (C=O) groups is 3. The van der Waals surface area contributed by atoms with E-state index in [2.05, 4.69) is 31.9 Å². The third kappa shape index (κ3) is 8.82. The monoisotopic (exact) mass is 647 g/mol. The van der Waals surface area contributed by atoms with Crippen LogP contribution in [-0.2, 0) is 9.59 Å². The Morgan fingerprint density at radius 3 is 2.24 bits per heavy atom. The van der Waals surface area contributed by atoms with Gasteiger partial charge in [0, 0.05) is 31.3 Å². The predicted molar refractivity (Wildman–Crippen MR) is 171 cm³/mol. The summed E-state index contributed by atoms with van der Waals surface area (Å²) in [6.45, 7) is 3.72. The van der Waals surface area contributed by atoms with E-state index >= 15 is 0 Å². The summed E-state index contributed by atoms with van der Waals surface area (Å²) in [6.07, 6.45) is 1.62. The maximum atomic E-state index is 13.3. The van der Waals surface area contributed by atoms with E-state index in [4.69, 9.17) is 11.6 Å². The van der Waals surface area contributed by atoms with E-state index in [1.165, 1.54) is 11.8 Å². The third-order valence-corrected chi connectivity index (χ3v) is 7.93. The molecule has 0 radical (unpaired) electrons. The molecule has 1 unspecified atom stereocenters. The van der Waals surface area contributed by atoms with Gasteiger partial charge in [-0.25, -0.2) is 0 Å². The molecular formula is C32H27BrClN3O3S. The van der Waals surface area contributed by atoms with Crippen molar-refractivity contribution in [2.45, 2.75) is 24.0 Å². The maximum absolute atomic E-state index is 13.3. The van der Waals surface area contributed by atoms with Gasteiger partial charge in [0.05, 0.1) is 5.25 Å². The van der Waals surface area contributed by atoms with Gasteiger partial charge in [-0.05, 0) is 91.7 Å². The number of aryl methyl sites for hydroxylation is 1. The molecule has 3 N–H and O–H groups in total. The van der Waals surface area contributed by atoms with Crippen LogP contribution in [0.2, 0.25) is 5.02 Å². The number of benzene rings is 4. The lowest BCUT2D eigenvalue weighted by Crippen LogP contribution is -2.30. The van der Waals surface area contributed by atoms with Crippen LogP contribution in [0.1, 0.15) is 28.4 Å². The molecule has 9 heteroatoms. The zero-order valence-electron chi connectivity index (χ0n) is 22.3. The van der Waals surface area contributed by atoms with Crippen LogP contribution in [0.25, 0.3) is 6.08 Å². The molecule has 0 aliphatic rings. The highest BCUT2D eigenvalue weighted by Gasteiger charge is 2.17. The Kier molecular flexibility index (Phi) is 10.4. The van der Waals surface area contributed by atoms with Gasteiger partial charge >= 0.3 is 0 Å². The van der Waals surface area contributed by atoms with E-state index in [1.54, 1.807) is 48.5 Å². The van der Waals surface area contributed by atoms with Crippen LogP contribution < -0.4 is 16.0 Å². The first kappa shape index (κ1) is 30.1. The van der Waals surface area contributed by atoms with Gasteiger partial charge in [0.15, 0.2) is 0 Å². The molecule has 4 rings (SSSR count). The second-order valence-corrected chi connectivity index (χ2v) is 11.9. The number of hydrogen-bond acceptors (Lipinski definition) is 4. The van der Waals surface area contributed by atoms with E-state index in [-0.39, 0.29) is 16.9 Å². The molecule has 3 amide bonds. The Hall–Kier alpha value is -3.85. The lowest BCUT2D eigenvalue weighted by molar-refractivity contribution is -0.115. The van der Waals surface area contributed by atoms with Crippen molar-refractivity contribution in [1.82, 2.24) is 5.32 Å². The van der Waals surface area contributed by atoms with Crippen molar-refractivity contribution in [3.8, 4) is 0 Å². The Bertz CT molecular complexity index is 1590. The van der Waals surface area contributed by atoms with Gasteiger partial charge in [0.25, 0.3) is 11.8 Å². The maximum Gasteiger partial charge on any atom is 0.272 e. The van der Waals surface area contributed by atoms with Crippen molar-refractivity contribution in [1.29, 1.82) is 0 Å². The number of thioether (sulfide) groups is 1. The van der Waals surface area contributed by atoms with Gasteiger partial charge in [0.1, 0.15) is 5.70 Å². The zero-order chi connectivity index (χ0) is 29.4. The lowest BCUT2D eigenvalue weighted by atomic mass is 10.1. The Morgan fingerprint density at radius 2 is 1.56 bits per heavy atom.